The maximum Gasteiger partial charge on any atom is 0.180 e. The molecule has 5 heteroatoms. The number of fused-ring (bicyclic) bond motifs is 3. The Bertz CT molecular complexity index is 755. The van der Waals surface area contributed by atoms with Gasteiger partial charge in [0.05, 0.1) is 16.6 Å². The van der Waals surface area contributed by atoms with Crippen LogP contribution in [-0.2, 0) is 6.42 Å². The van der Waals surface area contributed by atoms with E-state index in [1.54, 1.807) is 20.0 Å². The van der Waals surface area contributed by atoms with E-state index in [1.807, 2.05) is 28.7 Å². The minimum atomic E-state index is -0.797. The molecule has 0 saturated heterocycles. The Morgan fingerprint density at radius 1 is 1.32 bits per heavy atom. The Labute approximate surface area is 110 Å². The molecule has 0 aliphatic rings. The molecule has 0 amide bonds. The van der Waals surface area contributed by atoms with Crippen molar-refractivity contribution in [3.63, 3.8) is 0 Å². The summed E-state index contributed by atoms with van der Waals surface area (Å²) in [6.07, 6.45) is 2.25. The fourth-order valence-corrected chi connectivity index (χ4v) is 2.33. The molecule has 2 aromatic heterocycles. The first kappa shape index (κ1) is 11.9. The third-order valence-electron chi connectivity index (χ3n) is 3.04. The van der Waals surface area contributed by atoms with Crippen molar-refractivity contribution in [3.8, 4) is 0 Å². The summed E-state index contributed by atoms with van der Waals surface area (Å²) in [6.45, 7) is 3.55. The lowest BCUT2D eigenvalue weighted by molar-refractivity contribution is 0.0798. The van der Waals surface area contributed by atoms with Crippen molar-refractivity contribution >= 4 is 22.5 Å². The molecule has 19 heavy (non-hydrogen) atoms. The smallest absolute Gasteiger partial charge is 0.180 e. The summed E-state index contributed by atoms with van der Waals surface area (Å²) in [5, 5.41) is 10.0. The molecule has 3 N–H and O–H groups in total. The van der Waals surface area contributed by atoms with Gasteiger partial charge < -0.3 is 10.8 Å². The van der Waals surface area contributed by atoms with E-state index in [0.29, 0.717) is 17.9 Å². The fraction of sp³-hybridized carbons (Fsp3) is 0.286. The van der Waals surface area contributed by atoms with Crippen molar-refractivity contribution in [3.05, 3.63) is 36.2 Å². The second kappa shape index (κ2) is 3.93. The van der Waals surface area contributed by atoms with Crippen molar-refractivity contribution in [1.82, 2.24) is 14.4 Å². The molecule has 3 rings (SSSR count). The normalized spacial score (nSPS) is 12.4. The van der Waals surface area contributed by atoms with Crippen LogP contribution < -0.4 is 5.73 Å². The van der Waals surface area contributed by atoms with Crippen LogP contribution in [0.2, 0.25) is 0 Å². The Balaban J connectivity index is 2.36. The molecule has 0 aliphatic carbocycles. The first-order valence-electron chi connectivity index (χ1n) is 6.19. The quantitative estimate of drug-likeness (QED) is 0.732. The number of nitrogen functional groups attached to an aromatic ring is 1. The molecule has 0 atom stereocenters. The first-order valence-corrected chi connectivity index (χ1v) is 6.19. The van der Waals surface area contributed by atoms with Gasteiger partial charge in [-0.3, -0.25) is 4.40 Å². The van der Waals surface area contributed by atoms with E-state index < -0.39 is 5.60 Å². The number of aromatic nitrogens is 3. The fourth-order valence-electron chi connectivity index (χ4n) is 2.33. The Hall–Kier alpha value is -2.14. The van der Waals surface area contributed by atoms with Crippen molar-refractivity contribution < 1.29 is 5.11 Å². The summed E-state index contributed by atoms with van der Waals surface area (Å²) in [5.74, 6) is 0.403. The van der Waals surface area contributed by atoms with Crippen molar-refractivity contribution in [2.24, 2.45) is 0 Å². The molecule has 0 saturated carbocycles. The third kappa shape index (κ3) is 2.02. The number of benzene rings is 1. The Morgan fingerprint density at radius 2 is 2.05 bits per heavy atom. The highest BCUT2D eigenvalue weighted by Crippen LogP contribution is 2.23. The van der Waals surface area contributed by atoms with Gasteiger partial charge in [-0.05, 0) is 26.0 Å². The lowest BCUT2D eigenvalue weighted by atomic mass is 10.0. The second-order valence-electron chi connectivity index (χ2n) is 5.38. The average molecular weight is 256 g/mol. The lowest BCUT2D eigenvalue weighted by Gasteiger charge is -2.17. The number of anilines is 1. The van der Waals surface area contributed by atoms with E-state index in [-0.39, 0.29) is 0 Å². The van der Waals surface area contributed by atoms with Crippen LogP contribution in [0, 0.1) is 0 Å². The van der Waals surface area contributed by atoms with Crippen molar-refractivity contribution in [1.29, 1.82) is 0 Å². The summed E-state index contributed by atoms with van der Waals surface area (Å²) >= 11 is 0. The SMILES string of the molecule is CC(C)(O)Cc1cnc2c(N)nc3ccccc3n12. The van der Waals surface area contributed by atoms with Gasteiger partial charge >= 0.3 is 0 Å². The van der Waals surface area contributed by atoms with Crippen molar-refractivity contribution in [2.75, 3.05) is 5.73 Å². The number of hydrogen-bond donors (Lipinski definition) is 2. The van der Waals surface area contributed by atoms with Gasteiger partial charge in [0.25, 0.3) is 0 Å². The van der Waals surface area contributed by atoms with Crippen LogP contribution >= 0.6 is 0 Å². The van der Waals surface area contributed by atoms with Crippen LogP contribution in [0.4, 0.5) is 5.82 Å². The van der Waals surface area contributed by atoms with Gasteiger partial charge in [0.2, 0.25) is 0 Å². The van der Waals surface area contributed by atoms with E-state index in [9.17, 15) is 5.11 Å². The molecule has 1 aromatic carbocycles. The third-order valence-corrected chi connectivity index (χ3v) is 3.04. The van der Waals surface area contributed by atoms with Crippen molar-refractivity contribution in [2.45, 2.75) is 25.9 Å². The zero-order chi connectivity index (χ0) is 13.6. The number of aliphatic hydroxyl groups is 1. The van der Waals surface area contributed by atoms with Gasteiger partial charge in [0.1, 0.15) is 0 Å². The van der Waals surface area contributed by atoms with Crippen LogP contribution in [0.5, 0.6) is 0 Å². The molecule has 98 valence electrons. The molecule has 3 aromatic rings. The molecule has 0 radical (unpaired) electrons. The minimum Gasteiger partial charge on any atom is -0.390 e. The van der Waals surface area contributed by atoms with Crippen LogP contribution in [0.15, 0.2) is 30.5 Å². The average Bonchev–Trinajstić information content (AvgIpc) is 2.72. The summed E-state index contributed by atoms with van der Waals surface area (Å²) in [5.41, 5.74) is 8.48. The molecule has 2 heterocycles. The highest BCUT2D eigenvalue weighted by molar-refractivity contribution is 5.82. The minimum absolute atomic E-state index is 0.403. The van der Waals surface area contributed by atoms with Gasteiger partial charge in [-0.25, -0.2) is 9.97 Å². The van der Waals surface area contributed by atoms with Gasteiger partial charge in [-0.15, -0.1) is 0 Å². The zero-order valence-corrected chi connectivity index (χ0v) is 11.0. The Kier molecular flexibility index (Phi) is 2.46. The van der Waals surface area contributed by atoms with Gasteiger partial charge in [0.15, 0.2) is 11.5 Å². The van der Waals surface area contributed by atoms with Crippen LogP contribution in [0.3, 0.4) is 0 Å². The number of hydrogen-bond acceptors (Lipinski definition) is 4. The predicted octanol–water partition coefficient (Wildman–Crippen LogP) is 1.78. The first-order chi connectivity index (χ1) is 8.96. The second-order valence-corrected chi connectivity index (χ2v) is 5.38. The number of rotatable bonds is 2. The van der Waals surface area contributed by atoms with E-state index in [1.165, 1.54) is 0 Å². The predicted molar refractivity (Wildman–Crippen MR) is 74.9 cm³/mol. The van der Waals surface area contributed by atoms with Gasteiger partial charge in [-0.2, -0.15) is 0 Å². The Morgan fingerprint density at radius 3 is 2.79 bits per heavy atom. The number of para-hydroxylation sites is 2. The molecular weight excluding hydrogens is 240 g/mol. The monoisotopic (exact) mass is 256 g/mol. The molecule has 0 bridgehead atoms. The van der Waals surface area contributed by atoms with E-state index >= 15 is 0 Å². The number of imidazole rings is 1. The van der Waals surface area contributed by atoms with Crippen LogP contribution in [0.25, 0.3) is 16.7 Å². The number of nitrogens with zero attached hydrogens (tertiary/aromatic N) is 3. The van der Waals surface area contributed by atoms with E-state index in [0.717, 1.165) is 16.7 Å². The lowest BCUT2D eigenvalue weighted by Crippen LogP contribution is -2.22. The molecular formula is C14H16N4O. The summed E-state index contributed by atoms with van der Waals surface area (Å²) in [6, 6.07) is 7.77. The molecule has 0 spiro atoms. The van der Waals surface area contributed by atoms with E-state index in [2.05, 4.69) is 9.97 Å². The van der Waals surface area contributed by atoms with Crippen LogP contribution in [-0.4, -0.2) is 25.1 Å². The zero-order valence-electron chi connectivity index (χ0n) is 11.0. The highest BCUT2D eigenvalue weighted by atomic mass is 16.3. The maximum atomic E-state index is 10.0. The molecule has 0 unspecified atom stereocenters. The standard InChI is InChI=1S/C14H16N4O/c1-14(2,19)7-9-8-16-13-12(15)17-10-5-3-4-6-11(10)18(9)13/h3-6,8,19H,7H2,1-2H3,(H2,15,17). The summed E-state index contributed by atoms with van der Waals surface area (Å²) in [7, 11) is 0. The summed E-state index contributed by atoms with van der Waals surface area (Å²) in [4.78, 5) is 8.66. The van der Waals surface area contributed by atoms with Crippen LogP contribution in [0.1, 0.15) is 19.5 Å². The maximum absolute atomic E-state index is 10.0. The van der Waals surface area contributed by atoms with E-state index in [4.69, 9.17) is 5.73 Å². The topological polar surface area (TPSA) is 76.4 Å². The number of nitrogens with two attached hydrogens (primary N) is 1. The summed E-state index contributed by atoms with van der Waals surface area (Å²) < 4.78 is 1.97. The van der Waals surface area contributed by atoms with Gasteiger partial charge in [0, 0.05) is 18.3 Å². The largest absolute Gasteiger partial charge is 0.390 e. The highest BCUT2D eigenvalue weighted by Gasteiger charge is 2.18. The molecule has 0 aliphatic heterocycles. The molecule has 5 nitrogen and oxygen atoms in total. The van der Waals surface area contributed by atoms with Gasteiger partial charge in [-0.1, -0.05) is 12.1 Å². The molecule has 0 fully saturated rings.